The zero-order chi connectivity index (χ0) is 15.6. The number of benzene rings is 2. The number of halogens is 4. The lowest BCUT2D eigenvalue weighted by atomic mass is 10.1. The van der Waals surface area contributed by atoms with E-state index in [0.717, 1.165) is 30.3 Å². The van der Waals surface area contributed by atoms with E-state index < -0.39 is 23.5 Å². The highest BCUT2D eigenvalue weighted by molar-refractivity contribution is 6.04. The van der Waals surface area contributed by atoms with Gasteiger partial charge in [0.25, 0.3) is 5.91 Å². The molecular formula is C15H11F4NO. The Labute approximate surface area is 118 Å². The molecule has 110 valence electrons. The van der Waals surface area contributed by atoms with Gasteiger partial charge < -0.3 is 5.32 Å². The number of anilines is 1. The molecular weight excluding hydrogens is 286 g/mol. The number of aryl methyl sites for hydroxylation is 1. The largest absolute Gasteiger partial charge is 0.416 e. The van der Waals surface area contributed by atoms with Gasteiger partial charge in [-0.25, -0.2) is 4.39 Å². The lowest BCUT2D eigenvalue weighted by molar-refractivity contribution is -0.137. The Morgan fingerprint density at radius 1 is 1.05 bits per heavy atom. The van der Waals surface area contributed by atoms with E-state index in [2.05, 4.69) is 5.32 Å². The number of amides is 1. The van der Waals surface area contributed by atoms with E-state index in [9.17, 15) is 22.4 Å². The lowest BCUT2D eigenvalue weighted by Gasteiger charge is -2.09. The number of carbonyl (C=O) groups is 1. The second-order valence-electron chi connectivity index (χ2n) is 4.49. The molecule has 0 bridgehead atoms. The molecule has 0 heterocycles. The van der Waals surface area contributed by atoms with Crippen molar-refractivity contribution in [2.75, 3.05) is 5.32 Å². The average molecular weight is 297 g/mol. The molecule has 1 amide bonds. The first-order valence-electron chi connectivity index (χ1n) is 6.02. The molecule has 0 aliphatic carbocycles. The summed E-state index contributed by atoms with van der Waals surface area (Å²) < 4.78 is 50.3. The Hall–Kier alpha value is -2.37. The average Bonchev–Trinajstić information content (AvgIpc) is 2.41. The van der Waals surface area contributed by atoms with Crippen molar-refractivity contribution in [2.24, 2.45) is 0 Å². The third-order valence-electron chi connectivity index (χ3n) is 2.89. The first kappa shape index (κ1) is 15.0. The van der Waals surface area contributed by atoms with Gasteiger partial charge in [-0.2, -0.15) is 13.2 Å². The molecule has 0 saturated carbocycles. The predicted octanol–water partition coefficient (Wildman–Crippen LogP) is 4.41. The molecule has 0 atom stereocenters. The number of alkyl halides is 3. The molecule has 0 fully saturated rings. The zero-order valence-electron chi connectivity index (χ0n) is 11.0. The summed E-state index contributed by atoms with van der Waals surface area (Å²) in [6.07, 6.45) is -4.42. The molecule has 0 spiro atoms. The van der Waals surface area contributed by atoms with Crippen molar-refractivity contribution in [3.63, 3.8) is 0 Å². The third-order valence-corrected chi connectivity index (χ3v) is 2.89. The van der Waals surface area contributed by atoms with Crippen molar-refractivity contribution >= 4 is 11.6 Å². The van der Waals surface area contributed by atoms with Crippen LogP contribution >= 0.6 is 0 Å². The summed E-state index contributed by atoms with van der Waals surface area (Å²) in [5.74, 6) is -0.945. The van der Waals surface area contributed by atoms with Gasteiger partial charge >= 0.3 is 6.18 Å². The van der Waals surface area contributed by atoms with Gasteiger partial charge in [-0.3, -0.25) is 4.79 Å². The summed E-state index contributed by atoms with van der Waals surface area (Å²) >= 11 is 0. The van der Waals surface area contributed by atoms with Crippen LogP contribution in [-0.2, 0) is 6.18 Å². The van der Waals surface area contributed by atoms with Crippen LogP contribution in [0.1, 0.15) is 21.5 Å². The molecule has 21 heavy (non-hydrogen) atoms. The SMILES string of the molecule is Cc1cc(C(=O)Nc2ccc(C(F)(F)F)cc2)ccc1F. The maximum Gasteiger partial charge on any atom is 0.416 e. The van der Waals surface area contributed by atoms with Crippen LogP contribution in [0.5, 0.6) is 0 Å². The summed E-state index contributed by atoms with van der Waals surface area (Å²) in [4.78, 5) is 11.9. The molecule has 0 saturated heterocycles. The number of rotatable bonds is 2. The standard InChI is InChI=1S/C15H11F4NO/c1-9-8-10(2-7-13(9)16)14(21)20-12-5-3-11(4-6-12)15(17,18)19/h2-8H,1H3,(H,20,21). The summed E-state index contributed by atoms with van der Waals surface area (Å²) in [6, 6.07) is 7.93. The summed E-state index contributed by atoms with van der Waals surface area (Å²) in [7, 11) is 0. The van der Waals surface area contributed by atoms with Crippen molar-refractivity contribution in [3.05, 3.63) is 65.0 Å². The van der Waals surface area contributed by atoms with Crippen LogP contribution in [0, 0.1) is 12.7 Å². The molecule has 2 rings (SSSR count). The van der Waals surface area contributed by atoms with Crippen LogP contribution in [0.4, 0.5) is 23.2 Å². The van der Waals surface area contributed by atoms with E-state index in [1.165, 1.54) is 19.1 Å². The second kappa shape index (κ2) is 5.55. The van der Waals surface area contributed by atoms with E-state index in [0.29, 0.717) is 5.56 Å². The van der Waals surface area contributed by atoms with E-state index in [-0.39, 0.29) is 11.3 Å². The normalized spacial score (nSPS) is 11.3. The molecule has 0 aromatic heterocycles. The van der Waals surface area contributed by atoms with Gasteiger partial charge in [0.15, 0.2) is 0 Å². The lowest BCUT2D eigenvalue weighted by Crippen LogP contribution is -2.12. The molecule has 2 aromatic rings. The highest BCUT2D eigenvalue weighted by Gasteiger charge is 2.29. The van der Waals surface area contributed by atoms with Crippen LogP contribution in [0.3, 0.4) is 0 Å². The van der Waals surface area contributed by atoms with Crippen LogP contribution < -0.4 is 5.32 Å². The molecule has 2 aromatic carbocycles. The van der Waals surface area contributed by atoms with Gasteiger partial charge in [0, 0.05) is 11.3 Å². The molecule has 0 aliphatic rings. The summed E-state index contributed by atoms with van der Waals surface area (Å²) in [5, 5.41) is 2.45. The van der Waals surface area contributed by atoms with Crippen LogP contribution in [0.2, 0.25) is 0 Å². The predicted molar refractivity (Wildman–Crippen MR) is 70.5 cm³/mol. The van der Waals surface area contributed by atoms with E-state index >= 15 is 0 Å². The maximum absolute atomic E-state index is 13.1. The minimum atomic E-state index is -4.42. The Kier molecular flexibility index (Phi) is 3.97. The molecule has 0 aliphatic heterocycles. The van der Waals surface area contributed by atoms with Crippen LogP contribution in [0.25, 0.3) is 0 Å². The van der Waals surface area contributed by atoms with Gasteiger partial charge in [-0.05, 0) is 55.0 Å². The fourth-order valence-electron chi connectivity index (χ4n) is 1.73. The monoisotopic (exact) mass is 297 g/mol. The third kappa shape index (κ3) is 3.59. The first-order valence-corrected chi connectivity index (χ1v) is 6.02. The quantitative estimate of drug-likeness (QED) is 0.818. The van der Waals surface area contributed by atoms with Gasteiger partial charge in [-0.15, -0.1) is 0 Å². The molecule has 1 N–H and O–H groups in total. The van der Waals surface area contributed by atoms with Gasteiger partial charge in [0.05, 0.1) is 5.56 Å². The van der Waals surface area contributed by atoms with Crippen molar-refractivity contribution in [1.29, 1.82) is 0 Å². The zero-order valence-corrected chi connectivity index (χ0v) is 11.0. The molecule has 6 heteroatoms. The van der Waals surface area contributed by atoms with Gasteiger partial charge in [0.1, 0.15) is 5.82 Å². The molecule has 2 nitrogen and oxygen atoms in total. The minimum Gasteiger partial charge on any atom is -0.322 e. The van der Waals surface area contributed by atoms with E-state index in [1.807, 2.05) is 0 Å². The Morgan fingerprint density at radius 3 is 2.19 bits per heavy atom. The minimum absolute atomic E-state index is 0.230. The van der Waals surface area contributed by atoms with Crippen molar-refractivity contribution in [3.8, 4) is 0 Å². The van der Waals surface area contributed by atoms with Gasteiger partial charge in [-0.1, -0.05) is 0 Å². The molecule has 0 unspecified atom stereocenters. The van der Waals surface area contributed by atoms with E-state index in [1.54, 1.807) is 0 Å². The first-order chi connectivity index (χ1) is 9.77. The molecule has 0 radical (unpaired) electrons. The van der Waals surface area contributed by atoms with Crippen LogP contribution in [0.15, 0.2) is 42.5 Å². The van der Waals surface area contributed by atoms with Crippen molar-refractivity contribution in [1.82, 2.24) is 0 Å². The second-order valence-corrected chi connectivity index (χ2v) is 4.49. The Balaban J connectivity index is 2.14. The van der Waals surface area contributed by atoms with E-state index in [4.69, 9.17) is 0 Å². The fraction of sp³-hybridized carbons (Fsp3) is 0.133. The number of nitrogens with one attached hydrogen (secondary N) is 1. The summed E-state index contributed by atoms with van der Waals surface area (Å²) in [6.45, 7) is 1.52. The summed E-state index contributed by atoms with van der Waals surface area (Å²) in [5.41, 5.74) is -0.0167. The Morgan fingerprint density at radius 2 is 1.67 bits per heavy atom. The number of hydrogen-bond acceptors (Lipinski definition) is 1. The van der Waals surface area contributed by atoms with Crippen molar-refractivity contribution < 1.29 is 22.4 Å². The highest BCUT2D eigenvalue weighted by Crippen LogP contribution is 2.29. The van der Waals surface area contributed by atoms with Gasteiger partial charge in [0.2, 0.25) is 0 Å². The van der Waals surface area contributed by atoms with Crippen molar-refractivity contribution in [2.45, 2.75) is 13.1 Å². The van der Waals surface area contributed by atoms with Crippen LogP contribution in [-0.4, -0.2) is 5.91 Å². The number of carbonyl (C=O) groups excluding carboxylic acids is 1. The maximum atomic E-state index is 13.1. The Bertz CT molecular complexity index is 662. The topological polar surface area (TPSA) is 29.1 Å². The highest BCUT2D eigenvalue weighted by atomic mass is 19.4. The smallest absolute Gasteiger partial charge is 0.322 e. The number of hydrogen-bond donors (Lipinski definition) is 1. The fourth-order valence-corrected chi connectivity index (χ4v) is 1.73.